The number of nitrogens with one attached hydrogen (secondary N) is 1. The monoisotopic (exact) mass is 385 g/mol. The molecular formula is C21H24FN3O3. The number of carbonyl (C=O) groups excluding carboxylic acids is 1. The van der Waals surface area contributed by atoms with Gasteiger partial charge in [-0.15, -0.1) is 0 Å². The molecule has 7 heteroatoms. The first kappa shape index (κ1) is 19.8. The van der Waals surface area contributed by atoms with Crippen LogP contribution in [0.2, 0.25) is 0 Å². The summed E-state index contributed by atoms with van der Waals surface area (Å²) in [4.78, 5) is 26.1. The van der Waals surface area contributed by atoms with Gasteiger partial charge in [-0.2, -0.15) is 0 Å². The number of likely N-dealkylation sites (N-methyl/N-ethyl adjacent to an activating group) is 1. The van der Waals surface area contributed by atoms with Crippen LogP contribution < -0.4 is 11.1 Å². The third-order valence-electron chi connectivity index (χ3n) is 4.71. The molecule has 0 aliphatic carbocycles. The molecule has 3 aromatic rings. The summed E-state index contributed by atoms with van der Waals surface area (Å²) in [7, 11) is 3.77. The Morgan fingerprint density at radius 2 is 2.00 bits per heavy atom. The van der Waals surface area contributed by atoms with E-state index in [1.807, 2.05) is 43.3 Å². The van der Waals surface area contributed by atoms with E-state index in [2.05, 4.69) is 5.32 Å². The summed E-state index contributed by atoms with van der Waals surface area (Å²) in [5.74, 6) is -0.821. The minimum Gasteiger partial charge on any atom is -0.408 e. The molecule has 6 nitrogen and oxygen atoms in total. The molecule has 1 amide bonds. The molecule has 0 saturated heterocycles. The summed E-state index contributed by atoms with van der Waals surface area (Å²) in [6.45, 7) is 0.786. The zero-order valence-electron chi connectivity index (χ0n) is 16.0. The number of aromatic nitrogens is 1. The number of para-hydroxylation sites is 2. The van der Waals surface area contributed by atoms with Gasteiger partial charge in [0.2, 0.25) is 5.91 Å². The Morgan fingerprint density at radius 3 is 2.75 bits per heavy atom. The smallest absolute Gasteiger partial charge is 0.408 e. The Kier molecular flexibility index (Phi) is 6.26. The second kappa shape index (κ2) is 8.84. The zero-order chi connectivity index (χ0) is 20.1. The minimum atomic E-state index is -0.416. The first-order chi connectivity index (χ1) is 13.5. The average Bonchev–Trinajstić information content (AvgIpc) is 2.97. The van der Waals surface area contributed by atoms with Crippen molar-refractivity contribution < 1.29 is 13.6 Å². The van der Waals surface area contributed by atoms with Gasteiger partial charge in [-0.3, -0.25) is 9.36 Å². The molecular weight excluding hydrogens is 361 g/mol. The van der Waals surface area contributed by atoms with Crippen LogP contribution in [0.5, 0.6) is 0 Å². The third-order valence-corrected chi connectivity index (χ3v) is 4.71. The van der Waals surface area contributed by atoms with Crippen molar-refractivity contribution >= 4 is 17.0 Å². The van der Waals surface area contributed by atoms with Crippen molar-refractivity contribution in [2.24, 2.45) is 0 Å². The Hall–Kier alpha value is -2.93. The van der Waals surface area contributed by atoms with Crippen LogP contribution in [0.3, 0.4) is 0 Å². The van der Waals surface area contributed by atoms with Crippen molar-refractivity contribution in [1.82, 2.24) is 14.8 Å². The largest absolute Gasteiger partial charge is 0.419 e. The molecule has 2 aromatic carbocycles. The maximum Gasteiger partial charge on any atom is 0.419 e. The van der Waals surface area contributed by atoms with Gasteiger partial charge >= 0.3 is 5.76 Å². The van der Waals surface area contributed by atoms with Crippen LogP contribution in [0.25, 0.3) is 11.1 Å². The van der Waals surface area contributed by atoms with Crippen molar-refractivity contribution in [3.05, 3.63) is 70.5 Å². The lowest BCUT2D eigenvalue weighted by Gasteiger charge is -2.25. The molecule has 0 aliphatic rings. The third kappa shape index (κ3) is 4.67. The SMILES string of the molecule is CN(C)[C@@H](CNC(=O)CCCn1c(=O)oc2ccccc21)c1cccc(F)c1. The Labute approximate surface area is 162 Å². The van der Waals surface area contributed by atoms with Gasteiger partial charge in [0.1, 0.15) is 5.82 Å². The summed E-state index contributed by atoms with van der Waals surface area (Å²) in [6, 6.07) is 13.5. The van der Waals surface area contributed by atoms with Gasteiger partial charge in [0.05, 0.1) is 11.6 Å². The molecule has 1 heterocycles. The fraction of sp³-hybridized carbons (Fsp3) is 0.333. The standard InChI is InChI=1S/C21H24FN3O3/c1-24(2)18(15-7-5-8-16(22)13-15)14-23-20(26)11-6-12-25-17-9-3-4-10-19(17)28-21(25)27/h3-5,7-10,13,18H,6,11-12,14H2,1-2H3,(H,23,26)/t18-/m0/s1. The highest BCUT2D eigenvalue weighted by molar-refractivity contribution is 5.76. The van der Waals surface area contributed by atoms with Gasteiger partial charge in [-0.1, -0.05) is 24.3 Å². The number of fused-ring (bicyclic) bond motifs is 1. The van der Waals surface area contributed by atoms with E-state index in [0.717, 1.165) is 11.1 Å². The van der Waals surface area contributed by atoms with E-state index >= 15 is 0 Å². The van der Waals surface area contributed by atoms with Gasteiger partial charge in [0.25, 0.3) is 0 Å². The number of carbonyl (C=O) groups is 1. The van der Waals surface area contributed by atoms with Crippen LogP contribution in [0.4, 0.5) is 4.39 Å². The highest BCUT2D eigenvalue weighted by Crippen LogP contribution is 2.18. The van der Waals surface area contributed by atoms with Crippen LogP contribution in [0.1, 0.15) is 24.4 Å². The topological polar surface area (TPSA) is 67.5 Å². The van der Waals surface area contributed by atoms with Crippen LogP contribution in [-0.2, 0) is 11.3 Å². The first-order valence-corrected chi connectivity index (χ1v) is 9.22. The predicted octanol–water partition coefficient (Wildman–Crippen LogP) is 2.93. The van der Waals surface area contributed by atoms with E-state index < -0.39 is 5.76 Å². The molecule has 0 unspecified atom stereocenters. The lowest BCUT2D eigenvalue weighted by Crippen LogP contribution is -2.34. The maximum absolute atomic E-state index is 13.5. The quantitative estimate of drug-likeness (QED) is 0.647. The Bertz CT molecular complexity index is 1010. The molecule has 1 N–H and O–H groups in total. The average molecular weight is 385 g/mol. The van der Waals surface area contributed by atoms with Gasteiger partial charge in [-0.05, 0) is 50.3 Å². The maximum atomic E-state index is 13.5. The van der Waals surface area contributed by atoms with E-state index in [1.54, 1.807) is 12.1 Å². The highest BCUT2D eigenvalue weighted by atomic mass is 19.1. The summed E-state index contributed by atoms with van der Waals surface area (Å²) < 4.78 is 20.2. The highest BCUT2D eigenvalue weighted by Gasteiger charge is 2.16. The fourth-order valence-electron chi connectivity index (χ4n) is 3.23. The second-order valence-electron chi connectivity index (χ2n) is 6.93. The molecule has 0 aliphatic heterocycles. The predicted molar refractivity (Wildman–Crippen MR) is 106 cm³/mol. The number of nitrogens with zero attached hydrogens (tertiary/aromatic N) is 2. The van der Waals surface area contributed by atoms with Crippen molar-refractivity contribution in [3.8, 4) is 0 Å². The Morgan fingerprint density at radius 1 is 1.21 bits per heavy atom. The van der Waals surface area contributed by atoms with Gasteiger partial charge < -0.3 is 14.6 Å². The molecule has 0 saturated carbocycles. The molecule has 0 radical (unpaired) electrons. The number of rotatable bonds is 8. The van der Waals surface area contributed by atoms with Crippen molar-refractivity contribution in [2.45, 2.75) is 25.4 Å². The number of hydrogen-bond acceptors (Lipinski definition) is 4. The number of oxazole rings is 1. The fourth-order valence-corrected chi connectivity index (χ4v) is 3.23. The summed E-state index contributed by atoms with van der Waals surface area (Å²) in [5, 5.41) is 2.90. The molecule has 1 atom stereocenters. The van der Waals surface area contributed by atoms with Gasteiger partial charge in [0, 0.05) is 19.5 Å². The van der Waals surface area contributed by atoms with Crippen molar-refractivity contribution in [2.75, 3.05) is 20.6 Å². The number of hydrogen-bond donors (Lipinski definition) is 1. The van der Waals surface area contributed by atoms with E-state index in [1.165, 1.54) is 16.7 Å². The van der Waals surface area contributed by atoms with Gasteiger partial charge in [-0.25, -0.2) is 9.18 Å². The van der Waals surface area contributed by atoms with E-state index in [-0.39, 0.29) is 24.2 Å². The summed E-state index contributed by atoms with van der Waals surface area (Å²) in [5.41, 5.74) is 2.08. The van der Waals surface area contributed by atoms with Crippen molar-refractivity contribution in [3.63, 3.8) is 0 Å². The summed E-state index contributed by atoms with van der Waals surface area (Å²) in [6.07, 6.45) is 0.803. The molecule has 0 fully saturated rings. The molecule has 1 aromatic heterocycles. The second-order valence-corrected chi connectivity index (χ2v) is 6.93. The summed E-state index contributed by atoms with van der Waals surface area (Å²) >= 11 is 0. The van der Waals surface area contributed by atoms with Crippen LogP contribution >= 0.6 is 0 Å². The lowest BCUT2D eigenvalue weighted by molar-refractivity contribution is -0.121. The molecule has 28 heavy (non-hydrogen) atoms. The molecule has 0 spiro atoms. The van der Waals surface area contributed by atoms with Crippen molar-refractivity contribution in [1.29, 1.82) is 0 Å². The van der Waals surface area contributed by atoms with E-state index in [9.17, 15) is 14.0 Å². The number of aryl methyl sites for hydroxylation is 1. The van der Waals surface area contributed by atoms with Crippen LogP contribution in [-0.4, -0.2) is 36.0 Å². The number of benzene rings is 2. The molecule has 148 valence electrons. The van der Waals surface area contributed by atoms with E-state index in [4.69, 9.17) is 4.42 Å². The Balaban J connectivity index is 1.53. The number of halogens is 1. The molecule has 0 bridgehead atoms. The first-order valence-electron chi connectivity index (χ1n) is 9.22. The molecule has 3 rings (SSSR count). The normalized spacial score (nSPS) is 12.4. The van der Waals surface area contributed by atoms with Gasteiger partial charge in [0.15, 0.2) is 5.58 Å². The number of amides is 1. The minimum absolute atomic E-state index is 0.107. The lowest BCUT2D eigenvalue weighted by atomic mass is 10.1. The zero-order valence-corrected chi connectivity index (χ0v) is 16.0. The van der Waals surface area contributed by atoms with E-state index in [0.29, 0.717) is 25.1 Å². The van der Waals surface area contributed by atoms with Crippen LogP contribution in [0, 0.1) is 5.82 Å². The van der Waals surface area contributed by atoms with Crippen LogP contribution in [0.15, 0.2) is 57.7 Å².